The van der Waals surface area contributed by atoms with Crippen molar-refractivity contribution in [2.45, 2.75) is 133 Å². The molecule has 8 atom stereocenters. The van der Waals surface area contributed by atoms with Gasteiger partial charge in [-0.3, -0.25) is 0 Å². The van der Waals surface area contributed by atoms with Gasteiger partial charge in [-0.25, -0.2) is 0 Å². The van der Waals surface area contributed by atoms with E-state index in [1.54, 1.807) is 0 Å². The van der Waals surface area contributed by atoms with Crippen LogP contribution in [0.5, 0.6) is 0 Å². The number of hydrogen-bond acceptors (Lipinski definition) is 1. The van der Waals surface area contributed by atoms with Crippen molar-refractivity contribution in [1.82, 2.24) is 5.32 Å². The SMILES string of the molecule is C=CCCCC(C)(C)C1CC2C(C(C)CC)CCC2C1C1NC1C.CC.CC.CC. The van der Waals surface area contributed by atoms with Crippen LogP contribution < -0.4 is 5.32 Å². The Hall–Kier alpha value is -0.300. The quantitative estimate of drug-likeness (QED) is 0.235. The van der Waals surface area contributed by atoms with E-state index in [0.29, 0.717) is 5.41 Å². The van der Waals surface area contributed by atoms with E-state index in [1.807, 2.05) is 41.5 Å². The van der Waals surface area contributed by atoms with Crippen LogP contribution in [0.1, 0.15) is 121 Å². The molecule has 0 radical (unpaired) electrons. The summed E-state index contributed by atoms with van der Waals surface area (Å²) >= 11 is 0. The fourth-order valence-corrected chi connectivity index (χ4v) is 6.65. The summed E-state index contributed by atoms with van der Waals surface area (Å²) in [7, 11) is 0. The maximum absolute atomic E-state index is 3.92. The van der Waals surface area contributed by atoms with E-state index in [-0.39, 0.29) is 0 Å². The van der Waals surface area contributed by atoms with E-state index in [4.69, 9.17) is 0 Å². The number of rotatable bonds is 8. The molecule has 30 heavy (non-hydrogen) atoms. The Bertz CT molecular complexity index is 440. The largest absolute Gasteiger partial charge is 0.308 e. The average Bonchev–Trinajstić information content (AvgIpc) is 3.18. The first-order valence-corrected chi connectivity index (χ1v) is 13.8. The summed E-state index contributed by atoms with van der Waals surface area (Å²) in [6, 6.07) is 1.59. The Morgan fingerprint density at radius 1 is 1.03 bits per heavy atom. The number of allylic oxidation sites excluding steroid dienone is 1. The van der Waals surface area contributed by atoms with E-state index >= 15 is 0 Å². The van der Waals surface area contributed by atoms with E-state index in [9.17, 15) is 0 Å². The van der Waals surface area contributed by atoms with Crippen LogP contribution >= 0.6 is 0 Å². The van der Waals surface area contributed by atoms with Crippen molar-refractivity contribution >= 4 is 0 Å². The van der Waals surface area contributed by atoms with Gasteiger partial charge in [-0.2, -0.15) is 0 Å². The van der Waals surface area contributed by atoms with E-state index in [2.05, 4.69) is 52.6 Å². The van der Waals surface area contributed by atoms with Crippen molar-refractivity contribution in [3.05, 3.63) is 12.7 Å². The molecular weight excluding hydrogens is 362 g/mol. The third-order valence-corrected chi connectivity index (χ3v) is 8.33. The summed E-state index contributed by atoms with van der Waals surface area (Å²) in [4.78, 5) is 0. The number of unbranched alkanes of at least 4 members (excludes halogenated alkanes) is 1. The van der Waals surface area contributed by atoms with Crippen LogP contribution in [0.25, 0.3) is 0 Å². The van der Waals surface area contributed by atoms with Crippen LogP contribution in [-0.2, 0) is 0 Å². The maximum Gasteiger partial charge on any atom is 0.0255 e. The molecule has 2 aliphatic carbocycles. The second-order valence-corrected chi connectivity index (χ2v) is 10.0. The normalized spacial score (nSPS) is 34.8. The summed E-state index contributed by atoms with van der Waals surface area (Å²) in [5.74, 6) is 5.82. The Morgan fingerprint density at radius 3 is 2.07 bits per heavy atom. The Labute approximate surface area is 192 Å². The van der Waals surface area contributed by atoms with Gasteiger partial charge < -0.3 is 5.32 Å². The number of nitrogens with one attached hydrogen (secondary N) is 1. The van der Waals surface area contributed by atoms with E-state index in [1.165, 1.54) is 44.9 Å². The van der Waals surface area contributed by atoms with Gasteiger partial charge >= 0.3 is 0 Å². The lowest BCUT2D eigenvalue weighted by Gasteiger charge is -2.38. The highest BCUT2D eigenvalue weighted by molar-refractivity contribution is 5.12. The average molecular weight is 422 g/mol. The maximum atomic E-state index is 3.92. The minimum absolute atomic E-state index is 0.488. The summed E-state index contributed by atoms with van der Waals surface area (Å²) in [6.45, 7) is 28.4. The van der Waals surface area contributed by atoms with Crippen molar-refractivity contribution < 1.29 is 0 Å². The molecule has 1 N–H and O–H groups in total. The lowest BCUT2D eigenvalue weighted by molar-refractivity contribution is 0.124. The number of hydrogen-bond donors (Lipinski definition) is 1. The molecule has 1 heteroatoms. The topological polar surface area (TPSA) is 21.9 Å². The highest BCUT2D eigenvalue weighted by atomic mass is 15.2. The monoisotopic (exact) mass is 421 g/mol. The van der Waals surface area contributed by atoms with E-state index in [0.717, 1.165) is 47.6 Å². The molecule has 0 spiro atoms. The van der Waals surface area contributed by atoms with Gasteiger partial charge in [0.05, 0.1) is 0 Å². The van der Waals surface area contributed by atoms with Crippen molar-refractivity contribution in [2.24, 2.45) is 40.9 Å². The highest BCUT2D eigenvalue weighted by Gasteiger charge is 2.59. The molecule has 3 fully saturated rings. The zero-order valence-electron chi connectivity index (χ0n) is 22.9. The molecule has 8 unspecified atom stereocenters. The first-order chi connectivity index (χ1) is 14.4. The Morgan fingerprint density at radius 2 is 1.60 bits per heavy atom. The summed E-state index contributed by atoms with van der Waals surface area (Å²) < 4.78 is 0. The molecule has 1 saturated heterocycles. The van der Waals surface area contributed by atoms with Crippen molar-refractivity contribution in [2.75, 3.05) is 0 Å². The van der Waals surface area contributed by atoms with Crippen LogP contribution in [0, 0.1) is 40.9 Å². The summed E-state index contributed by atoms with van der Waals surface area (Å²) in [5, 5.41) is 3.80. The van der Waals surface area contributed by atoms with Gasteiger partial charge in [0.1, 0.15) is 0 Å². The minimum Gasteiger partial charge on any atom is -0.308 e. The molecule has 3 aliphatic rings. The molecular formula is C29H59N. The molecule has 0 bridgehead atoms. The van der Waals surface area contributed by atoms with Gasteiger partial charge in [-0.05, 0) is 86.4 Å². The van der Waals surface area contributed by atoms with Crippen LogP contribution in [0.4, 0.5) is 0 Å². The second-order valence-electron chi connectivity index (χ2n) is 10.0. The first-order valence-electron chi connectivity index (χ1n) is 13.8. The van der Waals surface area contributed by atoms with Crippen molar-refractivity contribution in [1.29, 1.82) is 0 Å². The van der Waals surface area contributed by atoms with Gasteiger partial charge in [0, 0.05) is 12.1 Å². The third kappa shape index (κ3) is 7.11. The minimum atomic E-state index is 0.488. The smallest absolute Gasteiger partial charge is 0.0255 e. The van der Waals surface area contributed by atoms with Gasteiger partial charge in [0.2, 0.25) is 0 Å². The van der Waals surface area contributed by atoms with Crippen molar-refractivity contribution in [3.63, 3.8) is 0 Å². The van der Waals surface area contributed by atoms with Crippen LogP contribution in [-0.4, -0.2) is 12.1 Å². The van der Waals surface area contributed by atoms with E-state index < -0.39 is 0 Å². The lowest BCUT2D eigenvalue weighted by Crippen LogP contribution is -2.33. The molecule has 1 heterocycles. The van der Waals surface area contributed by atoms with Gasteiger partial charge in [0.15, 0.2) is 0 Å². The van der Waals surface area contributed by atoms with Crippen molar-refractivity contribution in [3.8, 4) is 0 Å². The predicted molar refractivity (Wildman–Crippen MR) is 139 cm³/mol. The van der Waals surface area contributed by atoms with Crippen LogP contribution in [0.15, 0.2) is 12.7 Å². The van der Waals surface area contributed by atoms with Gasteiger partial charge in [-0.1, -0.05) is 81.7 Å². The third-order valence-electron chi connectivity index (χ3n) is 8.33. The zero-order valence-corrected chi connectivity index (χ0v) is 22.9. The Kier molecular flexibility index (Phi) is 14.6. The molecule has 1 aliphatic heterocycles. The second kappa shape index (κ2) is 14.7. The molecule has 180 valence electrons. The van der Waals surface area contributed by atoms with Crippen LogP contribution in [0.3, 0.4) is 0 Å². The summed E-state index contributed by atoms with van der Waals surface area (Å²) in [6.07, 6.45) is 11.9. The van der Waals surface area contributed by atoms with Crippen LogP contribution in [0.2, 0.25) is 0 Å². The predicted octanol–water partition coefficient (Wildman–Crippen LogP) is 9.13. The lowest BCUT2D eigenvalue weighted by atomic mass is 9.67. The summed E-state index contributed by atoms with van der Waals surface area (Å²) in [5.41, 5.74) is 0.488. The Balaban J connectivity index is 0.00000129. The zero-order chi connectivity index (χ0) is 23.5. The fraction of sp³-hybridized carbons (Fsp3) is 0.931. The van der Waals surface area contributed by atoms with Gasteiger partial charge in [-0.15, -0.1) is 6.58 Å². The molecule has 0 aromatic heterocycles. The standard InChI is InChI=1S/C23H41N.3C2H6/c1-7-9-10-13-23(5,6)20-14-19-17(15(3)8-2)11-12-18(19)21(20)22-16(4)24-22;3*1-2/h7,15-22,24H,1,8-14H2,2-6H3;3*1-2H3. The molecule has 2 saturated carbocycles. The highest BCUT2D eigenvalue weighted by Crippen LogP contribution is 2.62. The molecule has 0 aromatic rings. The molecule has 1 nitrogen and oxygen atoms in total. The molecule has 0 amide bonds. The fourth-order valence-electron chi connectivity index (χ4n) is 6.65. The first kappa shape index (κ1) is 29.7. The number of fused-ring (bicyclic) bond motifs is 1. The van der Waals surface area contributed by atoms with Gasteiger partial charge in [0.25, 0.3) is 0 Å². The molecule has 3 rings (SSSR count). The molecule has 0 aromatic carbocycles.